The molecule has 3 heteroatoms. The highest BCUT2D eigenvalue weighted by atomic mass is 16.5. The number of hydrogen-bond acceptors (Lipinski definition) is 3. The van der Waals surface area contributed by atoms with Crippen molar-refractivity contribution in [1.82, 2.24) is 0 Å². The second kappa shape index (κ2) is 3.64. The summed E-state index contributed by atoms with van der Waals surface area (Å²) < 4.78 is 11.8. The van der Waals surface area contributed by atoms with Crippen LogP contribution in [0.2, 0.25) is 0 Å². The molecule has 0 aromatic heterocycles. The lowest BCUT2D eigenvalue weighted by Crippen LogP contribution is -2.29. The van der Waals surface area contributed by atoms with Gasteiger partial charge in [0.25, 0.3) is 0 Å². The van der Waals surface area contributed by atoms with Crippen molar-refractivity contribution in [3.8, 4) is 11.5 Å². The van der Waals surface area contributed by atoms with Gasteiger partial charge < -0.3 is 15.2 Å². The predicted octanol–water partition coefficient (Wildman–Crippen LogP) is 2.74. The Morgan fingerprint density at radius 2 is 1.67 bits per heavy atom. The summed E-state index contributed by atoms with van der Waals surface area (Å²) in [6.45, 7) is 7.66. The third kappa shape index (κ3) is 1.97. The van der Waals surface area contributed by atoms with Crippen LogP contribution in [0, 0.1) is 12.3 Å². The molecule has 0 radical (unpaired) electrons. The third-order valence-corrected chi connectivity index (χ3v) is 4.01. The van der Waals surface area contributed by atoms with E-state index in [0.717, 1.165) is 35.8 Å². The molecule has 0 saturated heterocycles. The van der Waals surface area contributed by atoms with E-state index in [1.165, 1.54) is 12.8 Å². The van der Waals surface area contributed by atoms with Gasteiger partial charge in [-0.3, -0.25) is 0 Å². The smallest absolute Gasteiger partial charge is 0.161 e. The van der Waals surface area contributed by atoms with Crippen molar-refractivity contribution in [2.24, 2.45) is 11.1 Å². The highest BCUT2D eigenvalue weighted by molar-refractivity contribution is 5.49. The summed E-state index contributed by atoms with van der Waals surface area (Å²) in [5.41, 5.74) is 8.41. The van der Waals surface area contributed by atoms with E-state index in [0.29, 0.717) is 0 Å². The summed E-state index contributed by atoms with van der Waals surface area (Å²) in [6, 6.07) is 4.10. The van der Waals surface area contributed by atoms with Gasteiger partial charge in [0.1, 0.15) is 0 Å². The minimum absolute atomic E-state index is 0.283. The minimum Gasteiger partial charge on any atom is -0.489 e. The molecule has 0 amide bonds. The quantitative estimate of drug-likeness (QED) is 0.830. The zero-order chi connectivity index (χ0) is 13.0. The highest BCUT2D eigenvalue weighted by Crippen LogP contribution is 2.49. The number of rotatable bonds is 1. The molecular weight excluding hydrogens is 226 g/mol. The van der Waals surface area contributed by atoms with Crippen LogP contribution in [-0.4, -0.2) is 13.2 Å². The highest BCUT2D eigenvalue weighted by Gasteiger charge is 2.46. The normalized spacial score (nSPS) is 20.7. The Balaban J connectivity index is 1.98. The van der Waals surface area contributed by atoms with Crippen molar-refractivity contribution >= 4 is 0 Å². The van der Waals surface area contributed by atoms with Gasteiger partial charge in [-0.1, -0.05) is 0 Å². The van der Waals surface area contributed by atoms with Gasteiger partial charge in [0.15, 0.2) is 11.5 Å². The molecule has 1 heterocycles. The lowest BCUT2D eigenvalue weighted by molar-refractivity contribution is 0.197. The molecule has 3 rings (SSSR count). The molecule has 1 aromatic carbocycles. The maximum atomic E-state index is 6.20. The van der Waals surface area contributed by atoms with E-state index in [2.05, 4.69) is 13.0 Å². The molecule has 3 nitrogen and oxygen atoms in total. The Morgan fingerprint density at radius 1 is 1.11 bits per heavy atom. The molecule has 1 aliphatic heterocycles. The molecule has 0 atom stereocenters. The van der Waals surface area contributed by atoms with Gasteiger partial charge in [-0.15, -0.1) is 0 Å². The van der Waals surface area contributed by atoms with Crippen LogP contribution in [0.1, 0.15) is 37.8 Å². The van der Waals surface area contributed by atoms with E-state index < -0.39 is 0 Å². The molecule has 1 aliphatic carbocycles. The van der Waals surface area contributed by atoms with Gasteiger partial charge in [0.05, 0.1) is 13.2 Å². The van der Waals surface area contributed by atoms with Crippen LogP contribution in [0.3, 0.4) is 0 Å². The zero-order valence-electron chi connectivity index (χ0n) is 11.4. The zero-order valence-corrected chi connectivity index (χ0v) is 11.4. The van der Waals surface area contributed by atoms with E-state index >= 15 is 0 Å². The number of nitrogens with two attached hydrogens (primary N) is 1. The Labute approximate surface area is 108 Å². The number of fused-ring (bicyclic) bond motifs is 1. The fourth-order valence-electron chi connectivity index (χ4n) is 2.55. The maximum absolute atomic E-state index is 6.20. The Hall–Kier alpha value is -1.22. The van der Waals surface area contributed by atoms with Crippen molar-refractivity contribution < 1.29 is 9.47 Å². The fourth-order valence-corrected chi connectivity index (χ4v) is 2.55. The summed E-state index contributed by atoms with van der Waals surface area (Å²) >= 11 is 0. The number of ether oxygens (including phenoxy) is 2. The van der Waals surface area contributed by atoms with Gasteiger partial charge in [0.2, 0.25) is 0 Å². The van der Waals surface area contributed by atoms with Gasteiger partial charge in [-0.2, -0.15) is 0 Å². The molecule has 1 saturated carbocycles. The van der Waals surface area contributed by atoms with Gasteiger partial charge in [0, 0.05) is 11.0 Å². The van der Waals surface area contributed by atoms with Gasteiger partial charge in [-0.05, 0) is 56.9 Å². The van der Waals surface area contributed by atoms with E-state index in [9.17, 15) is 0 Å². The Kier molecular flexibility index (Phi) is 2.39. The lowest BCUT2D eigenvalue weighted by Gasteiger charge is -2.23. The largest absolute Gasteiger partial charge is 0.489 e. The molecule has 2 aliphatic rings. The molecule has 1 aromatic rings. The number of aryl methyl sites for hydroxylation is 1. The predicted molar refractivity (Wildman–Crippen MR) is 71.0 cm³/mol. The van der Waals surface area contributed by atoms with Crippen LogP contribution in [0.5, 0.6) is 11.5 Å². The van der Waals surface area contributed by atoms with E-state index in [-0.39, 0.29) is 11.0 Å². The van der Waals surface area contributed by atoms with Crippen LogP contribution in [0.15, 0.2) is 12.1 Å². The summed E-state index contributed by atoms with van der Waals surface area (Å²) in [7, 11) is 0. The third-order valence-electron chi connectivity index (χ3n) is 4.01. The second-order valence-electron chi connectivity index (χ2n) is 6.41. The van der Waals surface area contributed by atoms with Crippen LogP contribution in [0.25, 0.3) is 0 Å². The fraction of sp³-hybridized carbons (Fsp3) is 0.600. The number of hydrogen-bond donors (Lipinski definition) is 1. The van der Waals surface area contributed by atoms with Crippen LogP contribution >= 0.6 is 0 Å². The van der Waals surface area contributed by atoms with Crippen molar-refractivity contribution in [2.75, 3.05) is 13.2 Å². The van der Waals surface area contributed by atoms with Gasteiger partial charge in [-0.25, -0.2) is 0 Å². The van der Waals surface area contributed by atoms with E-state index in [1.807, 2.05) is 19.9 Å². The standard InChI is InChI=1S/C15H21NO2/c1-10-6-12-13(7-11(10)14(2,3)16)18-9-15(4-5-15)8-17-12/h6-7H,4-5,8-9,16H2,1-3H3. The molecule has 1 spiro atoms. The first-order valence-electron chi connectivity index (χ1n) is 6.59. The first-order valence-corrected chi connectivity index (χ1v) is 6.59. The minimum atomic E-state index is -0.355. The molecular formula is C15H21NO2. The molecule has 0 bridgehead atoms. The van der Waals surface area contributed by atoms with E-state index in [4.69, 9.17) is 15.2 Å². The Bertz CT molecular complexity index is 484. The monoisotopic (exact) mass is 247 g/mol. The average molecular weight is 247 g/mol. The summed E-state index contributed by atoms with van der Waals surface area (Å²) in [5.74, 6) is 1.71. The molecule has 1 fully saturated rings. The van der Waals surface area contributed by atoms with Crippen molar-refractivity contribution in [1.29, 1.82) is 0 Å². The molecule has 98 valence electrons. The molecule has 2 N–H and O–H groups in total. The van der Waals surface area contributed by atoms with Crippen LogP contribution in [-0.2, 0) is 5.54 Å². The summed E-state index contributed by atoms with van der Waals surface area (Å²) in [6.07, 6.45) is 2.43. The second-order valence-corrected chi connectivity index (χ2v) is 6.41. The number of benzene rings is 1. The van der Waals surface area contributed by atoms with Crippen molar-refractivity contribution in [3.63, 3.8) is 0 Å². The first-order chi connectivity index (χ1) is 8.40. The summed E-state index contributed by atoms with van der Waals surface area (Å²) in [5, 5.41) is 0. The SMILES string of the molecule is Cc1cc2c(cc1C(C)(C)N)OCC1(CC1)CO2. The topological polar surface area (TPSA) is 44.5 Å². The average Bonchev–Trinajstić information content (AvgIpc) is 3.06. The van der Waals surface area contributed by atoms with Gasteiger partial charge >= 0.3 is 0 Å². The summed E-state index contributed by atoms with van der Waals surface area (Å²) in [4.78, 5) is 0. The van der Waals surface area contributed by atoms with E-state index in [1.54, 1.807) is 0 Å². The maximum Gasteiger partial charge on any atom is 0.161 e. The molecule has 18 heavy (non-hydrogen) atoms. The van der Waals surface area contributed by atoms with Crippen molar-refractivity contribution in [3.05, 3.63) is 23.3 Å². The Morgan fingerprint density at radius 3 is 2.17 bits per heavy atom. The first kappa shape index (κ1) is 11.8. The lowest BCUT2D eigenvalue weighted by atomic mass is 9.91. The van der Waals surface area contributed by atoms with Crippen LogP contribution < -0.4 is 15.2 Å². The molecule has 0 unspecified atom stereocenters. The van der Waals surface area contributed by atoms with Crippen LogP contribution in [0.4, 0.5) is 0 Å². The van der Waals surface area contributed by atoms with Crippen molar-refractivity contribution in [2.45, 2.75) is 39.2 Å².